The number of hydrogen-bond acceptors (Lipinski definition) is 4. The van der Waals surface area contributed by atoms with Crippen molar-refractivity contribution in [1.82, 2.24) is 5.32 Å². The fourth-order valence-electron chi connectivity index (χ4n) is 1.10. The van der Waals surface area contributed by atoms with E-state index in [9.17, 15) is 4.79 Å². The molecule has 0 radical (unpaired) electrons. The number of ether oxygens (including phenoxy) is 2. The third kappa shape index (κ3) is 2.44. The van der Waals surface area contributed by atoms with Crippen molar-refractivity contribution in [3.8, 4) is 0 Å². The maximum Gasteiger partial charge on any atom is 0.246 e. The van der Waals surface area contributed by atoms with Crippen molar-refractivity contribution in [2.75, 3.05) is 26.9 Å². The van der Waals surface area contributed by atoms with E-state index in [2.05, 4.69) is 10.1 Å². The summed E-state index contributed by atoms with van der Waals surface area (Å²) < 4.78 is 9.72. The van der Waals surface area contributed by atoms with Crippen LogP contribution in [0.2, 0.25) is 0 Å². The van der Waals surface area contributed by atoms with Crippen LogP contribution in [0.25, 0.3) is 0 Å². The van der Waals surface area contributed by atoms with Gasteiger partial charge in [-0.25, -0.2) is 0 Å². The largest absolute Gasteiger partial charge is 0.378 e. The van der Waals surface area contributed by atoms with E-state index < -0.39 is 0 Å². The Bertz CT molecular complexity index is 163. The van der Waals surface area contributed by atoms with Crippen molar-refractivity contribution in [3.05, 3.63) is 0 Å². The van der Waals surface area contributed by atoms with Gasteiger partial charge in [-0.1, -0.05) is 0 Å². The molecule has 0 aromatic heterocycles. The molecule has 70 valence electrons. The molecule has 0 saturated carbocycles. The van der Waals surface area contributed by atoms with Crippen molar-refractivity contribution in [2.45, 2.75) is 12.1 Å². The van der Waals surface area contributed by atoms with Gasteiger partial charge in [-0.05, 0) is 0 Å². The highest BCUT2D eigenvalue weighted by Gasteiger charge is 2.25. The molecule has 5 heteroatoms. The summed E-state index contributed by atoms with van der Waals surface area (Å²) in [6, 6.07) is -0.154. The molecule has 1 fully saturated rings. The summed E-state index contributed by atoms with van der Waals surface area (Å²) in [7, 11) is 1.48. The molecular weight excluding hydrogens is 160 g/mol. The minimum Gasteiger partial charge on any atom is -0.378 e. The lowest BCUT2D eigenvalue weighted by Crippen LogP contribution is -2.47. The third-order valence-corrected chi connectivity index (χ3v) is 1.75. The highest BCUT2D eigenvalue weighted by molar-refractivity contribution is 5.77. The van der Waals surface area contributed by atoms with Gasteiger partial charge < -0.3 is 20.5 Å². The molecule has 0 aliphatic carbocycles. The minimum atomic E-state index is -0.150. The van der Waals surface area contributed by atoms with E-state index in [0.29, 0.717) is 13.2 Å². The van der Waals surface area contributed by atoms with Gasteiger partial charge in [-0.3, -0.25) is 4.79 Å². The van der Waals surface area contributed by atoms with Crippen molar-refractivity contribution in [2.24, 2.45) is 5.73 Å². The van der Waals surface area contributed by atoms with Gasteiger partial charge in [0, 0.05) is 7.11 Å². The highest BCUT2D eigenvalue weighted by atomic mass is 16.5. The topological polar surface area (TPSA) is 73.6 Å². The zero-order valence-electron chi connectivity index (χ0n) is 7.08. The fourth-order valence-corrected chi connectivity index (χ4v) is 1.10. The Balaban J connectivity index is 2.25. The minimum absolute atomic E-state index is 0.0624. The second-order valence-corrected chi connectivity index (χ2v) is 2.81. The average Bonchev–Trinajstić information content (AvgIpc) is 2.37. The van der Waals surface area contributed by atoms with Gasteiger partial charge in [-0.2, -0.15) is 0 Å². The second-order valence-electron chi connectivity index (χ2n) is 2.81. The van der Waals surface area contributed by atoms with Gasteiger partial charge in [0.2, 0.25) is 5.91 Å². The first-order valence-electron chi connectivity index (χ1n) is 3.85. The molecule has 0 spiro atoms. The normalized spacial score (nSPS) is 28.8. The number of nitrogens with two attached hydrogens (primary N) is 1. The molecule has 1 rings (SSSR count). The number of amides is 1. The van der Waals surface area contributed by atoms with Crippen LogP contribution in [-0.4, -0.2) is 44.9 Å². The fraction of sp³-hybridized carbons (Fsp3) is 0.857. The highest BCUT2D eigenvalue weighted by Crippen LogP contribution is 2.01. The summed E-state index contributed by atoms with van der Waals surface area (Å²) >= 11 is 0. The van der Waals surface area contributed by atoms with Gasteiger partial charge in [0.25, 0.3) is 0 Å². The summed E-state index contributed by atoms with van der Waals surface area (Å²) in [5.41, 5.74) is 5.64. The van der Waals surface area contributed by atoms with E-state index in [-0.39, 0.29) is 24.6 Å². The molecule has 0 aromatic carbocycles. The molecule has 0 bridgehead atoms. The lowest BCUT2D eigenvalue weighted by molar-refractivity contribution is -0.125. The summed E-state index contributed by atoms with van der Waals surface area (Å²) in [4.78, 5) is 11.0. The lowest BCUT2D eigenvalue weighted by atomic mass is 10.2. The van der Waals surface area contributed by atoms with E-state index >= 15 is 0 Å². The average molecular weight is 174 g/mol. The lowest BCUT2D eigenvalue weighted by Gasteiger charge is -2.14. The Morgan fingerprint density at radius 2 is 2.50 bits per heavy atom. The predicted molar refractivity (Wildman–Crippen MR) is 42.6 cm³/mol. The van der Waals surface area contributed by atoms with Crippen LogP contribution in [0.15, 0.2) is 0 Å². The molecule has 1 saturated heterocycles. The number of hydrogen-bond donors (Lipinski definition) is 2. The van der Waals surface area contributed by atoms with Gasteiger partial charge in [0.05, 0.1) is 25.3 Å². The number of carbonyl (C=O) groups is 1. The molecule has 2 atom stereocenters. The first-order chi connectivity index (χ1) is 5.74. The van der Waals surface area contributed by atoms with Crippen LogP contribution in [0.3, 0.4) is 0 Å². The predicted octanol–water partition coefficient (Wildman–Crippen LogP) is -1.52. The van der Waals surface area contributed by atoms with Gasteiger partial charge in [0.15, 0.2) is 0 Å². The van der Waals surface area contributed by atoms with Crippen molar-refractivity contribution >= 4 is 5.91 Å². The van der Waals surface area contributed by atoms with Crippen molar-refractivity contribution in [1.29, 1.82) is 0 Å². The number of nitrogens with one attached hydrogen (secondary N) is 1. The first kappa shape index (κ1) is 9.44. The quantitative estimate of drug-likeness (QED) is 0.544. The molecule has 1 aliphatic heterocycles. The third-order valence-electron chi connectivity index (χ3n) is 1.75. The second kappa shape index (κ2) is 4.39. The summed E-state index contributed by atoms with van der Waals surface area (Å²) in [6.45, 7) is 1.08. The van der Waals surface area contributed by atoms with Gasteiger partial charge in [-0.15, -0.1) is 0 Å². The maximum atomic E-state index is 11.0. The number of carbonyl (C=O) groups excluding carboxylic acids is 1. The van der Waals surface area contributed by atoms with Crippen LogP contribution in [0.1, 0.15) is 0 Å². The molecule has 1 amide bonds. The van der Waals surface area contributed by atoms with Crippen LogP contribution in [-0.2, 0) is 14.3 Å². The molecular formula is C7H14N2O3. The van der Waals surface area contributed by atoms with E-state index in [0.717, 1.165) is 0 Å². The Hall–Kier alpha value is -0.650. The van der Waals surface area contributed by atoms with E-state index in [1.54, 1.807) is 0 Å². The van der Waals surface area contributed by atoms with Crippen LogP contribution < -0.4 is 11.1 Å². The Morgan fingerprint density at radius 3 is 3.00 bits per heavy atom. The first-order valence-corrected chi connectivity index (χ1v) is 3.85. The monoisotopic (exact) mass is 174 g/mol. The standard InChI is InChI=1S/C7H14N2O3/c1-11-4-7(10)9-6-3-12-2-5(6)8/h5-6H,2-4,8H2,1H3,(H,9,10). The van der Waals surface area contributed by atoms with Crippen LogP contribution in [0.4, 0.5) is 0 Å². The summed E-state index contributed by atoms with van der Waals surface area (Å²) in [6.07, 6.45) is 0. The molecule has 1 aliphatic rings. The summed E-state index contributed by atoms with van der Waals surface area (Å²) in [5.74, 6) is -0.150. The molecule has 3 N–H and O–H groups in total. The SMILES string of the molecule is COCC(=O)NC1COCC1N. The van der Waals surface area contributed by atoms with Gasteiger partial charge >= 0.3 is 0 Å². The van der Waals surface area contributed by atoms with E-state index in [4.69, 9.17) is 10.5 Å². The summed E-state index contributed by atoms with van der Waals surface area (Å²) in [5, 5.41) is 2.72. The Morgan fingerprint density at radius 1 is 1.75 bits per heavy atom. The molecule has 12 heavy (non-hydrogen) atoms. The Labute approximate surface area is 71.2 Å². The smallest absolute Gasteiger partial charge is 0.246 e. The van der Waals surface area contributed by atoms with Crippen LogP contribution in [0.5, 0.6) is 0 Å². The zero-order chi connectivity index (χ0) is 8.97. The van der Waals surface area contributed by atoms with Crippen LogP contribution >= 0.6 is 0 Å². The molecule has 1 heterocycles. The van der Waals surface area contributed by atoms with Crippen molar-refractivity contribution < 1.29 is 14.3 Å². The zero-order valence-corrected chi connectivity index (χ0v) is 7.08. The molecule has 5 nitrogen and oxygen atoms in total. The van der Waals surface area contributed by atoms with Crippen molar-refractivity contribution in [3.63, 3.8) is 0 Å². The number of methoxy groups -OCH3 is 1. The number of rotatable bonds is 3. The van der Waals surface area contributed by atoms with E-state index in [1.165, 1.54) is 7.11 Å². The molecule has 0 aromatic rings. The molecule has 2 unspecified atom stereocenters. The maximum absolute atomic E-state index is 11.0. The van der Waals surface area contributed by atoms with E-state index in [1.807, 2.05) is 0 Å². The van der Waals surface area contributed by atoms with Gasteiger partial charge in [0.1, 0.15) is 6.61 Å². The van der Waals surface area contributed by atoms with Crippen LogP contribution in [0, 0.1) is 0 Å². The Kier molecular flexibility index (Phi) is 3.46.